The van der Waals surface area contributed by atoms with Gasteiger partial charge in [0, 0.05) is 50.0 Å². The van der Waals surface area contributed by atoms with Crippen molar-refractivity contribution in [1.29, 1.82) is 0 Å². The van der Waals surface area contributed by atoms with Crippen molar-refractivity contribution in [3.63, 3.8) is 0 Å². The van der Waals surface area contributed by atoms with Gasteiger partial charge in [0.1, 0.15) is 0 Å². The molecule has 0 amide bonds. The van der Waals surface area contributed by atoms with E-state index in [0.717, 1.165) is 19.5 Å². The molecule has 5 atom stereocenters. The van der Waals surface area contributed by atoms with Gasteiger partial charge in [0.2, 0.25) is 0 Å². The second-order valence-corrected chi connectivity index (χ2v) is 12.2. The van der Waals surface area contributed by atoms with E-state index in [2.05, 4.69) is 58.5 Å². The molecule has 190 valence electrons. The number of nitrogens with one attached hydrogen (secondary N) is 1. The first-order chi connectivity index (χ1) is 17.7. The van der Waals surface area contributed by atoms with E-state index in [1.807, 2.05) is 12.4 Å². The van der Waals surface area contributed by atoms with Crippen molar-refractivity contribution in [1.82, 2.24) is 15.2 Å². The van der Waals surface area contributed by atoms with Gasteiger partial charge >= 0.3 is 0 Å². The lowest BCUT2D eigenvalue weighted by Crippen LogP contribution is -2.55. The number of rotatable bonds is 2. The number of benzene rings is 1. The van der Waals surface area contributed by atoms with Gasteiger partial charge in [-0.25, -0.2) is 0 Å². The lowest BCUT2D eigenvalue weighted by atomic mass is 9.73. The topological polar surface area (TPSA) is 37.4 Å². The molecular weight excluding hydrogens is 442 g/mol. The van der Waals surface area contributed by atoms with Crippen LogP contribution in [0.4, 0.5) is 0 Å². The molecule has 0 radical (unpaired) electrons. The fourth-order valence-electron chi connectivity index (χ4n) is 8.27. The normalized spacial score (nSPS) is 38.6. The second kappa shape index (κ2) is 9.08. The van der Waals surface area contributed by atoms with E-state index in [1.54, 1.807) is 5.57 Å². The van der Waals surface area contributed by atoms with Gasteiger partial charge in [-0.15, -0.1) is 0 Å². The number of hydrogen-bond donors (Lipinski definition) is 1. The van der Waals surface area contributed by atoms with Gasteiger partial charge in [-0.1, -0.05) is 31.2 Å². The third-order valence-electron chi connectivity index (χ3n) is 10.4. The Morgan fingerprint density at radius 1 is 1.03 bits per heavy atom. The zero-order valence-electron chi connectivity index (χ0n) is 21.8. The number of hydrogen-bond acceptors (Lipinski definition) is 4. The van der Waals surface area contributed by atoms with Crippen LogP contribution in [-0.4, -0.2) is 53.3 Å². The van der Waals surface area contributed by atoms with E-state index in [-0.39, 0.29) is 11.2 Å². The number of fused-ring (bicyclic) bond motifs is 1. The van der Waals surface area contributed by atoms with Crippen molar-refractivity contribution >= 4 is 10.8 Å². The predicted octanol–water partition coefficient (Wildman–Crippen LogP) is 6.14. The summed E-state index contributed by atoms with van der Waals surface area (Å²) in [6.07, 6.45) is 20.1. The molecule has 4 nitrogen and oxygen atoms in total. The van der Waals surface area contributed by atoms with Gasteiger partial charge in [-0.05, 0) is 104 Å². The van der Waals surface area contributed by atoms with Crippen molar-refractivity contribution in [2.45, 2.75) is 87.9 Å². The summed E-state index contributed by atoms with van der Waals surface area (Å²) in [4.78, 5) is 7.11. The smallest absolute Gasteiger partial charge is 0.0966 e. The standard InChI is InChI=1S/C32H41N3O/c1-23-5-6-24(26-8-7-25-11-14-34-22-27(25)19-26)3-2-4-29-20-28-9-10-30(35-17-15-33-16-18-35)21-31(28)12-13-32(23,29)36-31/h4,7-8,11,14,19-20,22-24,30,33H,2-3,5-6,9-10,12-13,15-18,21H2,1H3/b29-4-/t23-,24?,30?,31+,32-/m0/s1. The first-order valence-corrected chi connectivity index (χ1v) is 14.6. The summed E-state index contributed by atoms with van der Waals surface area (Å²) in [6.45, 7) is 7.14. The molecule has 2 aliphatic carbocycles. The highest BCUT2D eigenvalue weighted by Gasteiger charge is 2.59. The molecule has 3 fully saturated rings. The molecule has 4 heteroatoms. The summed E-state index contributed by atoms with van der Waals surface area (Å²) in [5, 5.41) is 6.09. The highest BCUT2D eigenvalue weighted by atomic mass is 16.5. The van der Waals surface area contributed by atoms with Crippen molar-refractivity contribution in [3.8, 4) is 0 Å². The van der Waals surface area contributed by atoms with Crippen molar-refractivity contribution in [2.75, 3.05) is 26.2 Å². The minimum Gasteiger partial charge on any atom is -0.359 e. The summed E-state index contributed by atoms with van der Waals surface area (Å²) in [5.41, 5.74) is 4.54. The molecule has 1 saturated carbocycles. The Labute approximate surface area is 216 Å². The lowest BCUT2D eigenvalue weighted by Gasteiger charge is -2.50. The van der Waals surface area contributed by atoms with Crippen LogP contribution in [0.1, 0.15) is 76.2 Å². The average molecular weight is 484 g/mol. The van der Waals surface area contributed by atoms with Crippen molar-refractivity contribution in [3.05, 3.63) is 65.5 Å². The molecule has 3 aliphatic heterocycles. The van der Waals surface area contributed by atoms with Crippen molar-refractivity contribution < 1.29 is 4.74 Å². The fourth-order valence-corrected chi connectivity index (χ4v) is 8.27. The monoisotopic (exact) mass is 483 g/mol. The van der Waals surface area contributed by atoms with Gasteiger partial charge in [0.25, 0.3) is 0 Å². The molecule has 4 heterocycles. The van der Waals surface area contributed by atoms with Crippen LogP contribution in [0.25, 0.3) is 10.8 Å². The summed E-state index contributed by atoms with van der Waals surface area (Å²) in [5.74, 6) is 1.15. The van der Waals surface area contributed by atoms with Crippen LogP contribution in [-0.2, 0) is 4.74 Å². The third-order valence-corrected chi connectivity index (χ3v) is 10.4. The number of piperazine rings is 1. The van der Waals surface area contributed by atoms with Crippen LogP contribution in [0.15, 0.2) is 60.0 Å². The highest BCUT2D eigenvalue weighted by Crippen LogP contribution is 2.59. The number of nitrogens with zero attached hydrogens (tertiary/aromatic N) is 2. The molecule has 1 aromatic heterocycles. The van der Waals surface area contributed by atoms with E-state index in [9.17, 15) is 0 Å². The van der Waals surface area contributed by atoms with E-state index >= 15 is 0 Å². The number of ether oxygens (including phenoxy) is 1. The predicted molar refractivity (Wildman–Crippen MR) is 146 cm³/mol. The molecular formula is C32H41N3O. The Kier molecular flexibility index (Phi) is 5.83. The van der Waals surface area contributed by atoms with E-state index in [4.69, 9.17) is 4.74 Å². The first kappa shape index (κ1) is 23.1. The molecule has 1 N–H and O–H groups in total. The largest absolute Gasteiger partial charge is 0.359 e. The summed E-state index contributed by atoms with van der Waals surface area (Å²) in [7, 11) is 0. The average Bonchev–Trinajstić information content (AvgIpc) is 3.27. The van der Waals surface area contributed by atoms with Gasteiger partial charge in [0.15, 0.2) is 0 Å². The Balaban J connectivity index is 1.15. The van der Waals surface area contributed by atoms with Crippen molar-refractivity contribution in [2.24, 2.45) is 5.92 Å². The zero-order chi connectivity index (χ0) is 24.2. The zero-order valence-corrected chi connectivity index (χ0v) is 21.8. The van der Waals surface area contributed by atoms with Crippen LogP contribution in [0, 0.1) is 5.92 Å². The number of pyridine rings is 1. The number of aromatic nitrogens is 1. The van der Waals surface area contributed by atoms with E-state index < -0.39 is 0 Å². The van der Waals surface area contributed by atoms with E-state index in [1.165, 1.54) is 86.4 Å². The minimum absolute atomic E-state index is 0.00179. The molecule has 1 aromatic carbocycles. The molecule has 2 saturated heterocycles. The lowest BCUT2D eigenvalue weighted by molar-refractivity contribution is -0.117. The Hall–Kier alpha value is -2.01. The van der Waals surface area contributed by atoms with Crippen LogP contribution in [0.2, 0.25) is 0 Å². The van der Waals surface area contributed by atoms with E-state index in [0.29, 0.717) is 17.9 Å². The van der Waals surface area contributed by atoms with Crippen LogP contribution >= 0.6 is 0 Å². The molecule has 2 aromatic rings. The van der Waals surface area contributed by atoms with Gasteiger partial charge < -0.3 is 10.1 Å². The molecule has 2 spiro atoms. The maximum Gasteiger partial charge on any atom is 0.0966 e. The Bertz CT molecular complexity index is 1200. The highest BCUT2D eigenvalue weighted by molar-refractivity contribution is 5.82. The van der Waals surface area contributed by atoms with Crippen LogP contribution in [0.5, 0.6) is 0 Å². The van der Waals surface area contributed by atoms with Crippen LogP contribution < -0.4 is 5.32 Å². The van der Waals surface area contributed by atoms with Crippen LogP contribution in [0.3, 0.4) is 0 Å². The second-order valence-electron chi connectivity index (χ2n) is 12.2. The summed E-state index contributed by atoms with van der Waals surface area (Å²) >= 11 is 0. The van der Waals surface area contributed by atoms with Gasteiger partial charge in [0.05, 0.1) is 11.2 Å². The summed E-state index contributed by atoms with van der Waals surface area (Å²) in [6, 6.07) is 9.84. The minimum atomic E-state index is -0.0724. The molecule has 2 unspecified atom stereocenters. The maximum absolute atomic E-state index is 7.42. The Morgan fingerprint density at radius 3 is 2.86 bits per heavy atom. The maximum atomic E-state index is 7.42. The number of allylic oxidation sites excluding steroid dienone is 1. The molecule has 5 aliphatic rings. The first-order valence-electron chi connectivity index (χ1n) is 14.6. The van der Waals surface area contributed by atoms with Gasteiger partial charge in [-0.3, -0.25) is 9.88 Å². The Morgan fingerprint density at radius 2 is 1.94 bits per heavy atom. The molecule has 2 bridgehead atoms. The molecule has 7 rings (SSSR count). The third kappa shape index (κ3) is 3.79. The SMILES string of the molecule is C[C@H]1CCC(c2ccc3ccncc3c2)CC/C=C2/C=C3CCC(N4CCNCC4)C[C@]34CC[C@@]21O4. The van der Waals surface area contributed by atoms with Gasteiger partial charge in [-0.2, -0.15) is 0 Å². The molecule has 36 heavy (non-hydrogen) atoms. The summed E-state index contributed by atoms with van der Waals surface area (Å²) < 4.78 is 7.42. The quantitative estimate of drug-likeness (QED) is 0.557. The fraction of sp³-hybridized carbons (Fsp3) is 0.594.